The van der Waals surface area contributed by atoms with Gasteiger partial charge in [0.1, 0.15) is 11.7 Å². The van der Waals surface area contributed by atoms with E-state index in [9.17, 15) is 14.4 Å². The Bertz CT molecular complexity index is 1100. The Morgan fingerprint density at radius 1 is 1.06 bits per heavy atom. The van der Waals surface area contributed by atoms with Crippen molar-refractivity contribution in [2.24, 2.45) is 12.8 Å². The lowest BCUT2D eigenvalue weighted by Crippen LogP contribution is -2.47. The molecule has 31 heavy (non-hydrogen) atoms. The standard InChI is InChI=1S/C24H26N4O3/c1-15(2)17-10-7-11-18(13-17)21-19(14-28(3)27-21)24(31)26-20(22(29)23(25)30)12-16-8-5-4-6-9-16/h4-11,13-15,20H,12H2,1-3H3,(H2,25,30)(H,26,31)/t20-/m0/s1. The minimum atomic E-state index is -1.09. The Morgan fingerprint density at radius 3 is 2.42 bits per heavy atom. The highest BCUT2D eigenvalue weighted by Gasteiger charge is 2.27. The number of nitrogens with zero attached hydrogens (tertiary/aromatic N) is 2. The van der Waals surface area contributed by atoms with Crippen LogP contribution in [-0.4, -0.2) is 33.4 Å². The second kappa shape index (κ2) is 9.38. The van der Waals surface area contributed by atoms with Crippen molar-refractivity contribution >= 4 is 17.6 Å². The molecule has 0 saturated carbocycles. The van der Waals surface area contributed by atoms with Crippen molar-refractivity contribution in [3.05, 3.63) is 77.5 Å². The summed E-state index contributed by atoms with van der Waals surface area (Å²) < 4.78 is 1.55. The molecule has 0 spiro atoms. The zero-order valence-corrected chi connectivity index (χ0v) is 17.8. The van der Waals surface area contributed by atoms with Crippen LogP contribution in [0.15, 0.2) is 60.8 Å². The zero-order valence-electron chi connectivity index (χ0n) is 17.8. The molecule has 3 N–H and O–H groups in total. The lowest BCUT2D eigenvalue weighted by atomic mass is 9.98. The second-order valence-corrected chi connectivity index (χ2v) is 7.79. The molecule has 3 rings (SSSR count). The molecule has 0 aliphatic rings. The first-order valence-corrected chi connectivity index (χ1v) is 10.1. The molecule has 2 aromatic carbocycles. The number of nitrogens with two attached hydrogens (primary N) is 1. The van der Waals surface area contributed by atoms with Crippen LogP contribution in [0.5, 0.6) is 0 Å². The molecule has 1 aromatic heterocycles. The lowest BCUT2D eigenvalue weighted by molar-refractivity contribution is -0.137. The van der Waals surface area contributed by atoms with Gasteiger partial charge in [-0.15, -0.1) is 0 Å². The van der Waals surface area contributed by atoms with Gasteiger partial charge in [-0.05, 0) is 23.1 Å². The summed E-state index contributed by atoms with van der Waals surface area (Å²) >= 11 is 0. The predicted molar refractivity (Wildman–Crippen MR) is 118 cm³/mol. The van der Waals surface area contributed by atoms with Crippen LogP contribution in [-0.2, 0) is 23.1 Å². The summed E-state index contributed by atoms with van der Waals surface area (Å²) in [5, 5.41) is 7.13. The van der Waals surface area contributed by atoms with Crippen LogP contribution in [0, 0.1) is 0 Å². The van der Waals surface area contributed by atoms with Crippen LogP contribution in [0.3, 0.4) is 0 Å². The van der Waals surface area contributed by atoms with Crippen molar-refractivity contribution < 1.29 is 14.4 Å². The first-order chi connectivity index (χ1) is 14.8. The van der Waals surface area contributed by atoms with Crippen LogP contribution >= 0.6 is 0 Å². The van der Waals surface area contributed by atoms with Crippen LogP contribution in [0.25, 0.3) is 11.3 Å². The quantitative estimate of drug-likeness (QED) is 0.548. The maximum atomic E-state index is 13.1. The molecule has 7 nitrogen and oxygen atoms in total. The molecule has 0 aliphatic carbocycles. The van der Waals surface area contributed by atoms with E-state index in [4.69, 9.17) is 5.73 Å². The highest BCUT2D eigenvalue weighted by atomic mass is 16.2. The molecular formula is C24H26N4O3. The van der Waals surface area contributed by atoms with Gasteiger partial charge in [-0.2, -0.15) is 5.10 Å². The number of Topliss-reactive ketones (excluding diaryl/α,β-unsaturated/α-hetero) is 1. The van der Waals surface area contributed by atoms with Gasteiger partial charge in [0.15, 0.2) is 0 Å². The Morgan fingerprint density at radius 2 is 1.77 bits per heavy atom. The number of aryl methyl sites for hydroxylation is 1. The zero-order chi connectivity index (χ0) is 22.5. The number of carbonyl (C=O) groups is 3. The summed E-state index contributed by atoms with van der Waals surface area (Å²) in [4.78, 5) is 37.1. The van der Waals surface area contributed by atoms with Crippen molar-refractivity contribution in [3.8, 4) is 11.3 Å². The van der Waals surface area contributed by atoms with Gasteiger partial charge in [-0.25, -0.2) is 0 Å². The van der Waals surface area contributed by atoms with E-state index < -0.39 is 23.6 Å². The number of rotatable bonds is 8. The topological polar surface area (TPSA) is 107 Å². The first kappa shape index (κ1) is 22.0. The molecule has 0 fully saturated rings. The molecule has 0 radical (unpaired) electrons. The first-order valence-electron chi connectivity index (χ1n) is 10.1. The molecule has 160 valence electrons. The Hall–Kier alpha value is -3.74. The number of nitrogens with one attached hydrogen (secondary N) is 1. The van der Waals surface area contributed by atoms with Crippen molar-refractivity contribution in [2.45, 2.75) is 32.2 Å². The molecule has 2 amide bonds. The highest BCUT2D eigenvalue weighted by Crippen LogP contribution is 2.26. The number of hydrogen-bond donors (Lipinski definition) is 2. The number of hydrogen-bond acceptors (Lipinski definition) is 4. The summed E-state index contributed by atoms with van der Waals surface area (Å²) in [5.74, 6) is -2.10. The number of primary amides is 1. The van der Waals surface area contributed by atoms with E-state index in [-0.39, 0.29) is 6.42 Å². The van der Waals surface area contributed by atoms with Crippen molar-refractivity contribution in [1.29, 1.82) is 0 Å². The van der Waals surface area contributed by atoms with Crippen molar-refractivity contribution in [3.63, 3.8) is 0 Å². The Labute approximate surface area is 181 Å². The van der Waals surface area contributed by atoms with Gasteiger partial charge in [-0.3, -0.25) is 19.1 Å². The fourth-order valence-electron chi connectivity index (χ4n) is 3.38. The highest BCUT2D eigenvalue weighted by molar-refractivity contribution is 6.38. The van der Waals surface area contributed by atoms with Crippen LogP contribution in [0.1, 0.15) is 41.3 Å². The number of amides is 2. The smallest absolute Gasteiger partial charge is 0.287 e. The minimum absolute atomic E-state index is 0.160. The van der Waals surface area contributed by atoms with Crippen molar-refractivity contribution in [2.75, 3.05) is 0 Å². The van der Waals surface area contributed by atoms with E-state index in [1.54, 1.807) is 17.9 Å². The molecule has 1 heterocycles. The fraction of sp³-hybridized carbons (Fsp3) is 0.250. The van der Waals surface area contributed by atoms with Gasteiger partial charge in [0.05, 0.1) is 5.56 Å². The van der Waals surface area contributed by atoms with E-state index in [0.29, 0.717) is 17.2 Å². The maximum absolute atomic E-state index is 13.1. The van der Waals surface area contributed by atoms with Gasteiger partial charge >= 0.3 is 0 Å². The number of carbonyl (C=O) groups excluding carboxylic acids is 3. The fourth-order valence-corrected chi connectivity index (χ4v) is 3.38. The molecule has 0 aliphatic heterocycles. The summed E-state index contributed by atoms with van der Waals surface area (Å²) in [6, 6.07) is 15.9. The van der Waals surface area contributed by atoms with Gasteiger partial charge < -0.3 is 11.1 Å². The van der Waals surface area contributed by atoms with Gasteiger partial charge in [-0.1, -0.05) is 62.4 Å². The molecule has 1 atom stereocenters. The monoisotopic (exact) mass is 418 g/mol. The summed E-state index contributed by atoms with van der Waals surface area (Å²) in [6.45, 7) is 4.18. The van der Waals surface area contributed by atoms with Gasteiger partial charge in [0.25, 0.3) is 11.8 Å². The Kier molecular flexibility index (Phi) is 6.65. The van der Waals surface area contributed by atoms with E-state index in [0.717, 1.165) is 16.7 Å². The molecular weight excluding hydrogens is 392 g/mol. The lowest BCUT2D eigenvalue weighted by Gasteiger charge is -2.16. The maximum Gasteiger partial charge on any atom is 0.287 e. The molecule has 3 aromatic rings. The molecule has 0 bridgehead atoms. The average Bonchev–Trinajstić information content (AvgIpc) is 3.15. The molecule has 7 heteroatoms. The minimum Gasteiger partial charge on any atom is -0.363 e. The third-order valence-corrected chi connectivity index (χ3v) is 5.05. The summed E-state index contributed by atoms with van der Waals surface area (Å²) in [5.41, 5.74) is 8.78. The molecule has 0 unspecified atom stereocenters. The third kappa shape index (κ3) is 5.25. The number of aromatic nitrogens is 2. The summed E-state index contributed by atoms with van der Waals surface area (Å²) in [7, 11) is 1.72. The van der Waals surface area contributed by atoms with Gasteiger partial charge in [0, 0.05) is 25.2 Å². The normalized spacial score (nSPS) is 11.9. The van der Waals surface area contributed by atoms with Crippen molar-refractivity contribution in [1.82, 2.24) is 15.1 Å². The Balaban J connectivity index is 1.92. The van der Waals surface area contributed by atoms with E-state index in [2.05, 4.69) is 24.3 Å². The van der Waals surface area contributed by atoms with E-state index >= 15 is 0 Å². The third-order valence-electron chi connectivity index (χ3n) is 5.05. The van der Waals surface area contributed by atoms with Crippen LogP contribution in [0.4, 0.5) is 0 Å². The second-order valence-electron chi connectivity index (χ2n) is 7.79. The SMILES string of the molecule is CC(C)c1cccc(-c2nn(C)cc2C(=O)N[C@@H](Cc2ccccc2)C(=O)C(N)=O)c1. The van der Waals surface area contributed by atoms with E-state index in [1.807, 2.05) is 54.6 Å². The summed E-state index contributed by atoms with van der Waals surface area (Å²) in [6.07, 6.45) is 1.76. The van der Waals surface area contributed by atoms with E-state index in [1.165, 1.54) is 0 Å². The largest absolute Gasteiger partial charge is 0.363 e. The molecule has 0 saturated heterocycles. The van der Waals surface area contributed by atoms with Crippen LogP contribution < -0.4 is 11.1 Å². The average molecular weight is 418 g/mol. The van der Waals surface area contributed by atoms with Crippen LogP contribution in [0.2, 0.25) is 0 Å². The number of ketones is 1. The number of benzene rings is 2. The van der Waals surface area contributed by atoms with Gasteiger partial charge in [0.2, 0.25) is 5.78 Å². The predicted octanol–water partition coefficient (Wildman–Crippen LogP) is 2.61.